The van der Waals surface area contributed by atoms with Crippen LogP contribution in [0.2, 0.25) is 0 Å². The third-order valence-electron chi connectivity index (χ3n) is 6.25. The Bertz CT molecular complexity index is 925. The Morgan fingerprint density at radius 3 is 2.29 bits per heavy atom. The molecule has 0 unspecified atom stereocenters. The summed E-state index contributed by atoms with van der Waals surface area (Å²) in [6, 6.07) is 13.8. The maximum atomic E-state index is 13.7. The van der Waals surface area contributed by atoms with Crippen LogP contribution in [0.4, 0.5) is 10.1 Å². The Morgan fingerprint density at radius 2 is 1.55 bits per heavy atom. The molecule has 2 aromatic carbocycles. The quantitative estimate of drug-likeness (QED) is 0.635. The lowest BCUT2D eigenvalue weighted by atomic mass is 10.1. The van der Waals surface area contributed by atoms with E-state index in [-0.39, 0.29) is 17.7 Å². The topological polar surface area (TPSA) is 40.6 Å². The third-order valence-corrected chi connectivity index (χ3v) is 6.25. The Kier molecular flexibility index (Phi) is 7.00. The molecular formula is C26H31FN2O2. The lowest BCUT2D eigenvalue weighted by molar-refractivity contribution is -0.119. The van der Waals surface area contributed by atoms with Crippen molar-refractivity contribution < 1.29 is 14.0 Å². The number of rotatable bonds is 2. The molecule has 4 rings (SSSR count). The lowest BCUT2D eigenvalue weighted by Crippen LogP contribution is -2.36. The summed E-state index contributed by atoms with van der Waals surface area (Å²) in [7, 11) is 0. The second-order valence-corrected chi connectivity index (χ2v) is 8.75. The van der Waals surface area contributed by atoms with Crippen molar-refractivity contribution in [3.8, 4) is 0 Å². The Balaban J connectivity index is 1.65. The number of para-hydroxylation sites is 1. The minimum atomic E-state index is -0.404. The van der Waals surface area contributed by atoms with E-state index in [0.717, 1.165) is 69.2 Å². The van der Waals surface area contributed by atoms with Crippen molar-refractivity contribution >= 4 is 17.5 Å². The maximum Gasteiger partial charge on any atom is 0.254 e. The summed E-state index contributed by atoms with van der Waals surface area (Å²) in [6.07, 6.45) is 8.33. The number of anilines is 1. The van der Waals surface area contributed by atoms with Gasteiger partial charge in [-0.05, 0) is 55.5 Å². The molecule has 0 spiro atoms. The number of carbonyl (C=O) groups is 2. The SMILES string of the molecule is O=C(c1cccc(F)c1)N1CCCCCCCCN(C(=O)C2CC2)c2ccccc2C1. The summed E-state index contributed by atoms with van der Waals surface area (Å²) in [4.78, 5) is 30.1. The predicted molar refractivity (Wildman–Crippen MR) is 120 cm³/mol. The first-order chi connectivity index (χ1) is 15.1. The standard InChI is InChI=1S/C26H31FN2O2/c27-23-12-9-11-21(18-23)25(30)28-16-7-3-1-2-4-8-17-29(26(31)20-14-15-20)24-13-6-5-10-22(24)19-28/h5-6,9-13,18,20H,1-4,7-8,14-17,19H2. The van der Waals surface area contributed by atoms with Crippen molar-refractivity contribution in [2.75, 3.05) is 18.0 Å². The summed E-state index contributed by atoms with van der Waals surface area (Å²) >= 11 is 0. The highest BCUT2D eigenvalue weighted by Crippen LogP contribution is 2.34. The van der Waals surface area contributed by atoms with Gasteiger partial charge in [0.2, 0.25) is 5.91 Å². The zero-order valence-electron chi connectivity index (χ0n) is 18.1. The van der Waals surface area contributed by atoms with Gasteiger partial charge in [0.1, 0.15) is 5.82 Å². The number of hydrogen-bond donors (Lipinski definition) is 0. The van der Waals surface area contributed by atoms with Crippen molar-refractivity contribution in [1.29, 1.82) is 0 Å². The predicted octanol–water partition coefficient (Wildman–Crippen LogP) is 5.57. The molecule has 1 aliphatic carbocycles. The average molecular weight is 423 g/mol. The van der Waals surface area contributed by atoms with Crippen LogP contribution < -0.4 is 4.90 Å². The average Bonchev–Trinajstić information content (AvgIpc) is 3.62. The maximum absolute atomic E-state index is 13.7. The van der Waals surface area contributed by atoms with Gasteiger partial charge < -0.3 is 9.80 Å². The van der Waals surface area contributed by atoms with Crippen molar-refractivity contribution in [2.24, 2.45) is 5.92 Å². The zero-order chi connectivity index (χ0) is 21.6. The van der Waals surface area contributed by atoms with Crippen LogP contribution in [0, 0.1) is 11.7 Å². The zero-order valence-corrected chi connectivity index (χ0v) is 18.1. The first-order valence-corrected chi connectivity index (χ1v) is 11.6. The molecule has 0 N–H and O–H groups in total. The van der Waals surface area contributed by atoms with Crippen molar-refractivity contribution in [3.63, 3.8) is 0 Å². The molecule has 164 valence electrons. The van der Waals surface area contributed by atoms with Crippen LogP contribution in [-0.2, 0) is 11.3 Å². The molecule has 2 amide bonds. The van der Waals surface area contributed by atoms with Crippen molar-refractivity contribution in [1.82, 2.24) is 4.90 Å². The van der Waals surface area contributed by atoms with Crippen LogP contribution in [0.15, 0.2) is 48.5 Å². The number of fused-ring (bicyclic) bond motifs is 1. The van der Waals surface area contributed by atoms with E-state index in [1.165, 1.54) is 12.1 Å². The monoisotopic (exact) mass is 422 g/mol. The molecule has 2 aliphatic rings. The minimum Gasteiger partial charge on any atom is -0.334 e. The molecule has 0 atom stereocenters. The van der Waals surface area contributed by atoms with E-state index in [0.29, 0.717) is 18.7 Å². The van der Waals surface area contributed by atoms with Crippen LogP contribution in [0.3, 0.4) is 0 Å². The Morgan fingerprint density at radius 1 is 0.839 bits per heavy atom. The smallest absolute Gasteiger partial charge is 0.254 e. The van der Waals surface area contributed by atoms with Crippen LogP contribution in [0.5, 0.6) is 0 Å². The number of halogens is 1. The van der Waals surface area contributed by atoms with E-state index >= 15 is 0 Å². The van der Waals surface area contributed by atoms with Gasteiger partial charge in [-0.1, -0.05) is 49.9 Å². The van der Waals surface area contributed by atoms with Crippen LogP contribution >= 0.6 is 0 Å². The van der Waals surface area contributed by atoms with E-state index in [1.54, 1.807) is 12.1 Å². The fourth-order valence-electron chi connectivity index (χ4n) is 4.35. The summed E-state index contributed by atoms with van der Waals surface area (Å²) in [5.41, 5.74) is 2.25. The molecule has 0 bridgehead atoms. The minimum absolute atomic E-state index is 0.147. The first kappa shape index (κ1) is 21.5. The van der Waals surface area contributed by atoms with Crippen LogP contribution in [-0.4, -0.2) is 29.8 Å². The van der Waals surface area contributed by atoms with Gasteiger partial charge in [-0.15, -0.1) is 0 Å². The van der Waals surface area contributed by atoms with Crippen molar-refractivity contribution in [3.05, 3.63) is 65.5 Å². The molecule has 1 fully saturated rings. The number of amides is 2. The fourth-order valence-corrected chi connectivity index (χ4v) is 4.35. The van der Waals surface area contributed by atoms with Crippen LogP contribution in [0.25, 0.3) is 0 Å². The molecule has 4 nitrogen and oxygen atoms in total. The summed E-state index contributed by atoms with van der Waals surface area (Å²) in [5, 5.41) is 0. The second kappa shape index (κ2) is 10.1. The molecule has 1 aliphatic heterocycles. The molecule has 1 saturated carbocycles. The molecule has 0 aromatic heterocycles. The van der Waals surface area contributed by atoms with Gasteiger partial charge in [0.05, 0.1) is 0 Å². The summed E-state index contributed by atoms with van der Waals surface area (Å²) < 4.78 is 13.7. The molecule has 5 heteroatoms. The normalized spacial score (nSPS) is 18.4. The lowest BCUT2D eigenvalue weighted by Gasteiger charge is -2.28. The van der Waals surface area contributed by atoms with Gasteiger partial charge in [-0.2, -0.15) is 0 Å². The van der Waals surface area contributed by atoms with Gasteiger partial charge in [0.15, 0.2) is 0 Å². The van der Waals surface area contributed by atoms with E-state index < -0.39 is 5.82 Å². The largest absolute Gasteiger partial charge is 0.334 e. The van der Waals surface area contributed by atoms with Gasteiger partial charge >= 0.3 is 0 Å². The van der Waals surface area contributed by atoms with Gasteiger partial charge in [0, 0.05) is 36.8 Å². The Labute approximate surface area is 184 Å². The molecule has 31 heavy (non-hydrogen) atoms. The van der Waals surface area contributed by atoms with E-state index in [4.69, 9.17) is 0 Å². The van der Waals surface area contributed by atoms with Crippen LogP contribution in [0.1, 0.15) is 67.3 Å². The number of hydrogen-bond acceptors (Lipinski definition) is 2. The fraction of sp³-hybridized carbons (Fsp3) is 0.462. The highest BCUT2D eigenvalue weighted by molar-refractivity contribution is 5.97. The molecule has 0 saturated heterocycles. The molecular weight excluding hydrogens is 391 g/mol. The van der Waals surface area contributed by atoms with E-state index in [2.05, 4.69) is 0 Å². The van der Waals surface area contributed by atoms with E-state index in [9.17, 15) is 14.0 Å². The van der Waals surface area contributed by atoms with Crippen molar-refractivity contribution in [2.45, 2.75) is 57.9 Å². The Hall–Kier alpha value is -2.69. The van der Waals surface area contributed by atoms with Gasteiger partial charge in [0.25, 0.3) is 5.91 Å². The molecule has 2 aromatic rings. The first-order valence-electron chi connectivity index (χ1n) is 11.6. The third kappa shape index (κ3) is 5.52. The molecule has 0 radical (unpaired) electrons. The summed E-state index contributed by atoms with van der Waals surface area (Å²) in [5.74, 6) is -0.207. The second-order valence-electron chi connectivity index (χ2n) is 8.75. The number of nitrogens with zero attached hydrogens (tertiary/aromatic N) is 2. The number of benzene rings is 2. The highest BCUT2D eigenvalue weighted by Gasteiger charge is 2.34. The molecule has 1 heterocycles. The van der Waals surface area contributed by atoms with E-state index in [1.807, 2.05) is 34.1 Å². The summed E-state index contributed by atoms with van der Waals surface area (Å²) in [6.45, 7) is 1.77. The van der Waals surface area contributed by atoms with Gasteiger partial charge in [-0.25, -0.2) is 4.39 Å². The highest BCUT2D eigenvalue weighted by atomic mass is 19.1. The van der Waals surface area contributed by atoms with Gasteiger partial charge in [-0.3, -0.25) is 9.59 Å². The number of carbonyl (C=O) groups excluding carboxylic acids is 2.